The Morgan fingerprint density at radius 3 is 2.83 bits per heavy atom. The first kappa shape index (κ1) is 12.8. The lowest BCUT2D eigenvalue weighted by molar-refractivity contribution is 0.659. The second-order valence-electron chi connectivity index (χ2n) is 4.17. The predicted molar refractivity (Wildman–Crippen MR) is 71.8 cm³/mol. The summed E-state index contributed by atoms with van der Waals surface area (Å²) in [5, 5.41) is 11.7. The van der Waals surface area contributed by atoms with E-state index in [-0.39, 0.29) is 0 Å². The van der Waals surface area contributed by atoms with Crippen LogP contribution in [0.5, 0.6) is 0 Å². The van der Waals surface area contributed by atoms with Gasteiger partial charge in [0.25, 0.3) is 0 Å². The summed E-state index contributed by atoms with van der Waals surface area (Å²) < 4.78 is 2.05. The number of nitrogens with one attached hydrogen (secondary N) is 1. The Balaban J connectivity index is 1.85. The van der Waals surface area contributed by atoms with Crippen molar-refractivity contribution in [2.75, 3.05) is 11.9 Å². The standard InChI is InChI=1S/C12H16ClN5/c1-9-10(2)12(17-16-11(9)13)15-4-3-6-18-7-5-14-8-18/h5,7-8H,3-4,6H2,1-2H3,(H,15,17). The molecular formula is C12H16ClN5. The van der Waals surface area contributed by atoms with E-state index in [1.54, 1.807) is 6.20 Å². The molecule has 0 atom stereocenters. The first-order valence-electron chi connectivity index (χ1n) is 5.87. The Kier molecular flexibility index (Phi) is 4.15. The van der Waals surface area contributed by atoms with Gasteiger partial charge in [0.05, 0.1) is 6.33 Å². The molecule has 2 heterocycles. The number of aromatic nitrogens is 4. The Morgan fingerprint density at radius 2 is 2.11 bits per heavy atom. The molecule has 5 nitrogen and oxygen atoms in total. The molecule has 0 fully saturated rings. The summed E-state index contributed by atoms with van der Waals surface area (Å²) >= 11 is 5.90. The highest BCUT2D eigenvalue weighted by molar-refractivity contribution is 6.30. The van der Waals surface area contributed by atoms with Crippen molar-refractivity contribution >= 4 is 17.4 Å². The van der Waals surface area contributed by atoms with E-state index >= 15 is 0 Å². The van der Waals surface area contributed by atoms with Gasteiger partial charge < -0.3 is 9.88 Å². The van der Waals surface area contributed by atoms with E-state index in [4.69, 9.17) is 11.6 Å². The molecule has 0 saturated heterocycles. The smallest absolute Gasteiger partial charge is 0.155 e. The molecule has 96 valence electrons. The molecule has 18 heavy (non-hydrogen) atoms. The van der Waals surface area contributed by atoms with Crippen molar-refractivity contribution in [3.05, 3.63) is 35.0 Å². The van der Waals surface area contributed by atoms with Gasteiger partial charge in [-0.2, -0.15) is 0 Å². The number of hydrogen-bond acceptors (Lipinski definition) is 4. The Hall–Kier alpha value is -1.62. The van der Waals surface area contributed by atoms with Crippen LogP contribution in [-0.4, -0.2) is 26.3 Å². The lowest BCUT2D eigenvalue weighted by Crippen LogP contribution is -2.09. The molecular weight excluding hydrogens is 250 g/mol. The molecule has 6 heteroatoms. The molecule has 2 aromatic heterocycles. The van der Waals surface area contributed by atoms with Crippen LogP contribution in [0.2, 0.25) is 5.15 Å². The molecule has 0 unspecified atom stereocenters. The third kappa shape index (κ3) is 2.98. The average molecular weight is 266 g/mol. The Morgan fingerprint density at radius 1 is 1.28 bits per heavy atom. The van der Waals surface area contributed by atoms with Crippen LogP contribution in [0.3, 0.4) is 0 Å². The molecule has 0 bridgehead atoms. The molecule has 0 aliphatic rings. The van der Waals surface area contributed by atoms with Crippen molar-refractivity contribution in [2.45, 2.75) is 26.8 Å². The van der Waals surface area contributed by atoms with Gasteiger partial charge >= 0.3 is 0 Å². The largest absolute Gasteiger partial charge is 0.368 e. The van der Waals surface area contributed by atoms with E-state index in [2.05, 4.69) is 20.5 Å². The molecule has 0 radical (unpaired) electrons. The minimum Gasteiger partial charge on any atom is -0.368 e. The van der Waals surface area contributed by atoms with Crippen LogP contribution in [0.15, 0.2) is 18.7 Å². The first-order chi connectivity index (χ1) is 8.68. The van der Waals surface area contributed by atoms with Crippen molar-refractivity contribution in [1.82, 2.24) is 19.7 Å². The number of hydrogen-bond donors (Lipinski definition) is 1. The van der Waals surface area contributed by atoms with Crippen LogP contribution >= 0.6 is 11.6 Å². The summed E-state index contributed by atoms with van der Waals surface area (Å²) in [6, 6.07) is 0. The third-order valence-corrected chi connectivity index (χ3v) is 3.27. The molecule has 0 amide bonds. The number of rotatable bonds is 5. The predicted octanol–water partition coefficient (Wildman–Crippen LogP) is 2.45. The lowest BCUT2D eigenvalue weighted by atomic mass is 10.2. The Bertz CT molecular complexity index is 509. The van der Waals surface area contributed by atoms with Crippen LogP contribution in [0.25, 0.3) is 0 Å². The molecule has 0 aliphatic carbocycles. The number of halogens is 1. The quantitative estimate of drug-likeness (QED) is 0.844. The van der Waals surface area contributed by atoms with Crippen LogP contribution in [0, 0.1) is 13.8 Å². The first-order valence-corrected chi connectivity index (χ1v) is 6.25. The summed E-state index contributed by atoms with van der Waals surface area (Å²) in [5.74, 6) is 0.808. The summed E-state index contributed by atoms with van der Waals surface area (Å²) in [6.45, 7) is 5.72. The number of imidazole rings is 1. The van der Waals surface area contributed by atoms with Crippen LogP contribution in [-0.2, 0) is 6.54 Å². The zero-order valence-corrected chi connectivity index (χ0v) is 11.3. The topological polar surface area (TPSA) is 55.6 Å². The Labute approximate surface area is 111 Å². The van der Waals surface area contributed by atoms with E-state index in [1.165, 1.54) is 0 Å². The molecule has 2 aromatic rings. The van der Waals surface area contributed by atoms with Crippen molar-refractivity contribution in [1.29, 1.82) is 0 Å². The molecule has 0 saturated carbocycles. The highest BCUT2D eigenvalue weighted by Gasteiger charge is 2.06. The highest BCUT2D eigenvalue weighted by Crippen LogP contribution is 2.20. The van der Waals surface area contributed by atoms with E-state index in [0.29, 0.717) is 5.15 Å². The van der Waals surface area contributed by atoms with Gasteiger partial charge in [-0.15, -0.1) is 10.2 Å². The number of anilines is 1. The summed E-state index contributed by atoms with van der Waals surface area (Å²) in [4.78, 5) is 4.00. The van der Waals surface area contributed by atoms with Crippen LogP contribution < -0.4 is 5.32 Å². The molecule has 0 aromatic carbocycles. The van der Waals surface area contributed by atoms with Crippen molar-refractivity contribution in [3.8, 4) is 0 Å². The lowest BCUT2D eigenvalue weighted by Gasteiger charge is -2.10. The van der Waals surface area contributed by atoms with Crippen molar-refractivity contribution < 1.29 is 0 Å². The van der Waals surface area contributed by atoms with Gasteiger partial charge in [0.15, 0.2) is 11.0 Å². The van der Waals surface area contributed by atoms with E-state index in [0.717, 1.165) is 36.5 Å². The fourth-order valence-electron chi connectivity index (χ4n) is 1.63. The van der Waals surface area contributed by atoms with Crippen molar-refractivity contribution in [2.24, 2.45) is 0 Å². The summed E-state index contributed by atoms with van der Waals surface area (Å²) in [7, 11) is 0. The second-order valence-corrected chi connectivity index (χ2v) is 4.53. The zero-order valence-electron chi connectivity index (χ0n) is 10.5. The SMILES string of the molecule is Cc1c(Cl)nnc(NCCCn2ccnc2)c1C. The molecule has 2 rings (SSSR count). The van der Waals surface area contributed by atoms with Gasteiger partial charge in [-0.1, -0.05) is 11.6 Å². The minimum atomic E-state index is 0.469. The maximum Gasteiger partial charge on any atom is 0.155 e. The van der Waals surface area contributed by atoms with Crippen LogP contribution in [0.1, 0.15) is 17.5 Å². The van der Waals surface area contributed by atoms with Gasteiger partial charge in [-0.05, 0) is 31.4 Å². The number of aryl methyl sites for hydroxylation is 1. The van der Waals surface area contributed by atoms with Gasteiger partial charge in [0, 0.05) is 25.5 Å². The maximum atomic E-state index is 5.90. The van der Waals surface area contributed by atoms with E-state index in [1.807, 2.05) is 30.9 Å². The molecule has 0 aliphatic heterocycles. The van der Waals surface area contributed by atoms with Gasteiger partial charge in [-0.3, -0.25) is 0 Å². The minimum absolute atomic E-state index is 0.469. The average Bonchev–Trinajstić information content (AvgIpc) is 2.87. The summed E-state index contributed by atoms with van der Waals surface area (Å²) in [5.41, 5.74) is 2.03. The fraction of sp³-hybridized carbons (Fsp3) is 0.417. The molecule has 0 spiro atoms. The third-order valence-electron chi connectivity index (χ3n) is 2.91. The molecule has 1 N–H and O–H groups in total. The van der Waals surface area contributed by atoms with Crippen LogP contribution in [0.4, 0.5) is 5.82 Å². The monoisotopic (exact) mass is 265 g/mol. The second kappa shape index (κ2) is 5.82. The highest BCUT2D eigenvalue weighted by atomic mass is 35.5. The number of nitrogens with zero attached hydrogens (tertiary/aromatic N) is 4. The fourth-order valence-corrected chi connectivity index (χ4v) is 1.81. The van der Waals surface area contributed by atoms with Gasteiger partial charge in [0.2, 0.25) is 0 Å². The normalized spacial score (nSPS) is 10.6. The summed E-state index contributed by atoms with van der Waals surface area (Å²) in [6.07, 6.45) is 6.56. The maximum absolute atomic E-state index is 5.90. The van der Waals surface area contributed by atoms with E-state index < -0.39 is 0 Å². The van der Waals surface area contributed by atoms with E-state index in [9.17, 15) is 0 Å². The van der Waals surface area contributed by atoms with Gasteiger partial charge in [-0.25, -0.2) is 4.98 Å². The van der Waals surface area contributed by atoms with Gasteiger partial charge in [0.1, 0.15) is 0 Å². The van der Waals surface area contributed by atoms with Crippen molar-refractivity contribution in [3.63, 3.8) is 0 Å². The zero-order chi connectivity index (χ0) is 13.0.